The van der Waals surface area contributed by atoms with E-state index in [4.69, 9.17) is 96.3 Å². The molecule has 0 spiro atoms. The first-order valence-corrected chi connectivity index (χ1v) is 35.0. The third-order valence-electron chi connectivity index (χ3n) is 17.4. The number of aromatic nitrogens is 8. The van der Waals surface area contributed by atoms with Crippen molar-refractivity contribution < 1.29 is 57.1 Å². The number of anilines is 4. The number of rotatable bonds is 19. The van der Waals surface area contributed by atoms with Crippen molar-refractivity contribution in [2.75, 3.05) is 137 Å². The lowest BCUT2D eigenvalue weighted by molar-refractivity contribution is -0.340. The molecule has 5 fully saturated rings. The van der Waals surface area contributed by atoms with Gasteiger partial charge in [-0.05, 0) is 132 Å². The molecule has 0 saturated carbocycles. The predicted molar refractivity (Wildman–Crippen MR) is 405 cm³/mol. The highest BCUT2D eigenvalue weighted by molar-refractivity contribution is 14.1. The minimum atomic E-state index is -0.875. The first-order valence-electron chi connectivity index (χ1n) is 31.7. The zero-order valence-corrected chi connectivity index (χ0v) is 64.2. The molecule has 542 valence electrons. The molecule has 0 bridgehead atoms. The smallest absolute Gasteiger partial charge is 0.279 e. The summed E-state index contributed by atoms with van der Waals surface area (Å²) >= 11 is 23.2. The van der Waals surface area contributed by atoms with E-state index in [1.54, 1.807) is 54.4 Å². The molecule has 5 aliphatic heterocycles. The van der Waals surface area contributed by atoms with Gasteiger partial charge >= 0.3 is 0 Å². The molecule has 0 radical (unpaired) electrons. The lowest BCUT2D eigenvalue weighted by Gasteiger charge is -2.28. The lowest BCUT2D eigenvalue weighted by atomic mass is 10.1. The second kappa shape index (κ2) is 35.7. The Morgan fingerprint density at radius 2 is 1.10 bits per heavy atom. The number of imidazole rings is 2. The van der Waals surface area contributed by atoms with Crippen molar-refractivity contribution in [3.05, 3.63) is 124 Å². The second-order valence-corrected chi connectivity index (χ2v) is 27.3. The van der Waals surface area contributed by atoms with Crippen molar-refractivity contribution in [1.82, 2.24) is 48.5 Å². The zero-order chi connectivity index (χ0) is 73.7. The van der Waals surface area contributed by atoms with E-state index in [-0.39, 0.29) is 64.5 Å². The van der Waals surface area contributed by atoms with Crippen molar-refractivity contribution in [2.24, 2.45) is 11.5 Å². The number of benzene rings is 3. The molecule has 9 N–H and O–H groups in total. The minimum Gasteiger partial charge on any atom is -0.397 e. The van der Waals surface area contributed by atoms with Crippen LogP contribution in [0.1, 0.15) is 93.2 Å². The van der Waals surface area contributed by atoms with Gasteiger partial charge in [0.25, 0.3) is 17.8 Å². The Hall–Kier alpha value is -7.29. The quantitative estimate of drug-likeness (QED) is 0.0145. The average Bonchev–Trinajstić information content (AvgIpc) is 1.58. The van der Waals surface area contributed by atoms with Crippen LogP contribution in [-0.4, -0.2) is 212 Å². The van der Waals surface area contributed by atoms with Gasteiger partial charge < -0.3 is 90.0 Å². The van der Waals surface area contributed by atoms with E-state index in [9.17, 15) is 19.2 Å². The number of hydrogen-bond donors (Lipinski definition) is 6. The summed E-state index contributed by atoms with van der Waals surface area (Å²) in [5, 5.41) is 20.2. The molecule has 33 heteroatoms. The highest BCUT2D eigenvalue weighted by Gasteiger charge is 2.40. The Kier molecular flexibility index (Phi) is 28.1. The van der Waals surface area contributed by atoms with Gasteiger partial charge in [0.05, 0.1) is 144 Å². The number of terminal acetylenes is 1. The number of methoxy groups -OCH3 is 5. The summed E-state index contributed by atoms with van der Waals surface area (Å²) in [6, 6.07) is 11.8. The van der Waals surface area contributed by atoms with E-state index in [0.29, 0.717) is 86.7 Å². The Labute approximate surface area is 628 Å². The van der Waals surface area contributed by atoms with Gasteiger partial charge in [0.15, 0.2) is 5.69 Å². The van der Waals surface area contributed by atoms with Gasteiger partial charge in [-0.2, -0.15) is 10.2 Å². The maximum Gasteiger partial charge on any atom is 0.279 e. The Balaban J connectivity index is 0.000000177. The summed E-state index contributed by atoms with van der Waals surface area (Å²) in [5.41, 5.74) is 23.8. The third kappa shape index (κ3) is 18.2. The topological polar surface area (TPSA) is 334 Å². The molecular formula is C68H83Cl3I2N16O12. The standard InChI is InChI=1S/C27H30ClN7O4.C16H21N5O3.C11H10ClIN2O.C9H10ClIN2O.C5H12O3/c1-5-24(36)33-11-17(9-18(33)12-38-4)35-27(30-3)25(26(29)37)21(32-35)7-6-16-8-22-23(10-20(16)28)34(15(2)31-22)19-13-39-14-19;1-5-12-14(15(17)23)16(18-3)21(19-12)10-7-11(9-24-4)20(8-10)13(22)6-2;1-6-14-10-3-9(13)8(12)2-11(10)15(6)7-4-16-5-7;10-6-1-9(8(12)2-7(6)11)13-5-3-14-4-5;1-5(6-2,7-3)8-4/h5,8,10,17-19,30H,1,9,11-14H2,2-4H3,(H2,29,37);1,6,10-11,18H,2,7-9H2,3-4H3,(H2,17,23);2-3,7H,4-5H2,1H3;1-2,5,13H,3-4,12H2;1-4H3/t17-,18+;10-,11+;;;/m00.../s1. The maximum atomic E-state index is 12.5. The van der Waals surface area contributed by atoms with Gasteiger partial charge in [-0.15, -0.1) is 6.42 Å². The number of nitrogens with zero attached hydrogens (tertiary/aromatic N) is 10. The summed E-state index contributed by atoms with van der Waals surface area (Å²) < 4.78 is 50.2. The number of likely N-dealkylation sites (tertiary alicyclic amines) is 2. The summed E-state index contributed by atoms with van der Waals surface area (Å²) in [4.78, 5) is 61.4. The fourth-order valence-corrected chi connectivity index (χ4v) is 13.4. The number of nitrogens with two attached hydrogens (primary N) is 3. The van der Waals surface area contributed by atoms with Crippen LogP contribution < -0.4 is 33.2 Å². The lowest BCUT2D eigenvalue weighted by Crippen LogP contribution is -2.40. The molecule has 3 aromatic carbocycles. The number of fused-ring (bicyclic) bond motifs is 2. The van der Waals surface area contributed by atoms with Gasteiger partial charge in [-0.3, -0.25) is 19.2 Å². The predicted octanol–water partition coefficient (Wildman–Crippen LogP) is 8.37. The molecule has 7 aromatic rings. The van der Waals surface area contributed by atoms with Crippen LogP contribution in [0.3, 0.4) is 0 Å². The van der Waals surface area contributed by atoms with E-state index >= 15 is 0 Å². The van der Waals surface area contributed by atoms with Crippen LogP contribution in [0.5, 0.6) is 0 Å². The average molecular weight is 1680 g/mol. The first kappa shape index (κ1) is 79.4. The minimum absolute atomic E-state index is 0.106. The fourth-order valence-electron chi connectivity index (χ4n) is 12.0. The maximum absolute atomic E-state index is 12.5. The molecule has 4 atom stereocenters. The molecule has 5 saturated heterocycles. The van der Waals surface area contributed by atoms with Crippen LogP contribution in [0, 0.1) is 45.2 Å². The number of carbonyl (C=O) groups is 4. The zero-order valence-electron chi connectivity index (χ0n) is 57.6. The summed E-state index contributed by atoms with van der Waals surface area (Å²) in [5.74, 6) is 8.66. The van der Waals surface area contributed by atoms with Crippen LogP contribution in [0.25, 0.3) is 22.1 Å². The monoisotopic (exact) mass is 1670 g/mol. The number of hydrogen-bond acceptors (Lipinski definition) is 20. The summed E-state index contributed by atoms with van der Waals surface area (Å²) in [6.45, 7) is 18.7. The van der Waals surface area contributed by atoms with Crippen LogP contribution >= 0.6 is 80.0 Å². The van der Waals surface area contributed by atoms with Gasteiger partial charge in [-0.25, -0.2) is 19.3 Å². The molecule has 12 rings (SSSR count). The molecule has 101 heavy (non-hydrogen) atoms. The van der Waals surface area contributed by atoms with Crippen molar-refractivity contribution in [3.63, 3.8) is 0 Å². The number of ether oxygens (including phenoxy) is 8. The van der Waals surface area contributed by atoms with Crippen LogP contribution in [-0.2, 0) is 47.5 Å². The Morgan fingerprint density at radius 3 is 1.50 bits per heavy atom. The van der Waals surface area contributed by atoms with Gasteiger partial charge in [-0.1, -0.05) is 53.9 Å². The number of halogens is 5. The molecule has 5 aliphatic rings. The summed E-state index contributed by atoms with van der Waals surface area (Å²) in [7, 11) is 11.1. The highest BCUT2D eigenvalue weighted by atomic mass is 127. The van der Waals surface area contributed by atoms with Crippen molar-refractivity contribution in [2.45, 2.75) is 81.9 Å². The second-order valence-electron chi connectivity index (χ2n) is 23.8. The van der Waals surface area contributed by atoms with Crippen LogP contribution in [0.15, 0.2) is 61.7 Å². The van der Waals surface area contributed by atoms with Crippen molar-refractivity contribution >= 4 is 149 Å². The first-order chi connectivity index (χ1) is 48.3. The fraction of sp³-hybridized carbons (Fsp3) is 0.441. The number of aryl methyl sites for hydroxylation is 2. The van der Waals surface area contributed by atoms with E-state index in [1.807, 2.05) is 50.2 Å². The van der Waals surface area contributed by atoms with Gasteiger partial charge in [0.1, 0.15) is 40.1 Å². The highest BCUT2D eigenvalue weighted by Crippen LogP contribution is 2.37. The Morgan fingerprint density at radius 1 is 0.663 bits per heavy atom. The molecular weight excluding hydrogens is 1590 g/mol. The number of carbonyl (C=O) groups excluding carboxylic acids is 4. The number of nitrogens with one attached hydrogen (secondary N) is 3. The van der Waals surface area contributed by atoms with Gasteiger partial charge in [0.2, 0.25) is 11.8 Å². The van der Waals surface area contributed by atoms with E-state index in [1.165, 1.54) is 33.5 Å². The van der Waals surface area contributed by atoms with Crippen LogP contribution in [0.4, 0.5) is 23.0 Å². The van der Waals surface area contributed by atoms with Gasteiger partial charge in [0, 0.05) is 82.4 Å². The van der Waals surface area contributed by atoms with Crippen molar-refractivity contribution in [3.8, 4) is 24.2 Å². The normalized spacial score (nSPS) is 17.9. The molecule has 0 unspecified atom stereocenters. The van der Waals surface area contributed by atoms with E-state index < -0.39 is 17.8 Å². The molecule has 4 amide bonds. The number of nitrogen functional groups attached to an aromatic ring is 1. The van der Waals surface area contributed by atoms with E-state index in [0.717, 1.165) is 88.7 Å². The SMILES string of the molecule is C#Cc1nn([C@H]2C[C@H](COC)N(C(=O)C=C)C2)c(NC)c1C(N)=O.C=CC(=O)N1C[C@@H](n2nc(C#Cc3cc4nc(C)n(C5COC5)c4cc3Cl)c(C(N)=O)c2NC)C[C@@H]1COC.COC(C)(OC)OC.Cc1nc2cc(I)c(Cl)cc2n1C1COC1.Nc1cc(I)c(Cl)cc1NC1COC1. The van der Waals surface area contributed by atoms with Crippen LogP contribution in [0.2, 0.25) is 15.1 Å². The number of amides is 4. The van der Waals surface area contributed by atoms with Crippen molar-refractivity contribution in [1.29, 1.82) is 0 Å². The summed E-state index contributed by atoms with van der Waals surface area (Å²) in [6.07, 6.45) is 9.18. The molecule has 9 heterocycles. The third-order valence-corrected chi connectivity index (χ3v) is 20.7. The molecule has 4 aromatic heterocycles. The number of primary amides is 2. The Bertz CT molecular complexity index is 4290. The molecule has 0 aliphatic carbocycles. The van der Waals surface area contributed by atoms with E-state index in [2.05, 4.69) is 121 Å². The molecule has 28 nitrogen and oxygen atoms in total. The largest absolute Gasteiger partial charge is 0.397 e.